The summed E-state index contributed by atoms with van der Waals surface area (Å²) in [5.74, 6) is 0.0431. The summed E-state index contributed by atoms with van der Waals surface area (Å²) < 4.78 is 0. The number of aryl methyl sites for hydroxylation is 3. The SMILES string of the molecule is Cc1cc(C)cc(Nc2c(C(=O)N3CCCCC3)cnc3nc(C)ccc23)c1. The van der Waals surface area contributed by atoms with E-state index in [1.165, 1.54) is 17.5 Å². The van der Waals surface area contributed by atoms with E-state index in [-0.39, 0.29) is 5.91 Å². The maximum Gasteiger partial charge on any atom is 0.257 e. The second kappa shape index (κ2) is 7.58. The Kier molecular flexibility index (Phi) is 4.99. The number of amides is 1. The molecule has 144 valence electrons. The summed E-state index contributed by atoms with van der Waals surface area (Å²) in [6.07, 6.45) is 4.99. The topological polar surface area (TPSA) is 58.1 Å². The van der Waals surface area contributed by atoms with E-state index in [2.05, 4.69) is 47.3 Å². The summed E-state index contributed by atoms with van der Waals surface area (Å²) in [5, 5.41) is 4.38. The van der Waals surface area contributed by atoms with Crippen LogP contribution in [0.5, 0.6) is 0 Å². The molecule has 0 atom stereocenters. The molecule has 0 unspecified atom stereocenters. The molecular formula is C23H26N4O. The first kappa shape index (κ1) is 18.4. The standard InChI is InChI=1S/C23H26N4O/c1-15-11-16(2)13-18(12-15)26-21-19-8-7-17(3)25-22(19)24-14-20(21)23(28)27-9-5-4-6-10-27/h7-8,11-14H,4-6,9-10H2,1-3H3,(H,24,25,26). The summed E-state index contributed by atoms with van der Waals surface area (Å²) in [6.45, 7) is 7.73. The van der Waals surface area contributed by atoms with Gasteiger partial charge in [-0.05, 0) is 75.4 Å². The molecule has 1 amide bonds. The summed E-state index contributed by atoms with van der Waals surface area (Å²) in [5.41, 5.74) is 6.29. The third kappa shape index (κ3) is 3.70. The molecule has 1 saturated heterocycles. The number of benzene rings is 1. The van der Waals surface area contributed by atoms with E-state index in [9.17, 15) is 4.79 Å². The first-order valence-corrected chi connectivity index (χ1v) is 9.92. The van der Waals surface area contributed by atoms with Gasteiger partial charge in [-0.2, -0.15) is 0 Å². The normalized spacial score (nSPS) is 14.3. The van der Waals surface area contributed by atoms with Crippen molar-refractivity contribution in [2.45, 2.75) is 40.0 Å². The van der Waals surface area contributed by atoms with Crippen LogP contribution in [0.3, 0.4) is 0 Å². The number of nitrogens with zero attached hydrogens (tertiary/aromatic N) is 3. The lowest BCUT2D eigenvalue weighted by molar-refractivity contribution is 0.0725. The van der Waals surface area contributed by atoms with Crippen LogP contribution in [0, 0.1) is 20.8 Å². The van der Waals surface area contributed by atoms with Gasteiger partial charge in [0.25, 0.3) is 5.91 Å². The fourth-order valence-electron chi connectivity index (χ4n) is 3.93. The molecule has 0 radical (unpaired) electrons. The number of rotatable bonds is 3. The van der Waals surface area contributed by atoms with Crippen molar-refractivity contribution in [3.05, 3.63) is 58.9 Å². The average molecular weight is 374 g/mol. The fraction of sp³-hybridized carbons (Fsp3) is 0.348. The number of piperidine rings is 1. The number of anilines is 2. The molecule has 0 spiro atoms. The zero-order valence-corrected chi connectivity index (χ0v) is 16.7. The molecule has 0 bridgehead atoms. The Hall–Kier alpha value is -2.95. The predicted molar refractivity (Wildman–Crippen MR) is 113 cm³/mol. The Labute approximate surface area is 165 Å². The number of likely N-dealkylation sites (tertiary alicyclic amines) is 1. The minimum atomic E-state index is 0.0431. The quantitative estimate of drug-likeness (QED) is 0.706. The van der Waals surface area contributed by atoms with Crippen LogP contribution in [0.4, 0.5) is 11.4 Å². The fourth-order valence-corrected chi connectivity index (χ4v) is 3.93. The summed E-state index contributed by atoms with van der Waals surface area (Å²) in [6, 6.07) is 10.3. The third-order valence-electron chi connectivity index (χ3n) is 5.23. The number of hydrogen-bond acceptors (Lipinski definition) is 4. The van der Waals surface area contributed by atoms with E-state index in [0.29, 0.717) is 11.2 Å². The zero-order chi connectivity index (χ0) is 19.7. The van der Waals surface area contributed by atoms with Crippen molar-refractivity contribution in [3.63, 3.8) is 0 Å². The molecule has 5 nitrogen and oxygen atoms in total. The monoisotopic (exact) mass is 374 g/mol. The summed E-state index contributed by atoms with van der Waals surface area (Å²) in [4.78, 5) is 24.3. The van der Waals surface area contributed by atoms with Crippen molar-refractivity contribution in [2.24, 2.45) is 0 Å². The minimum absolute atomic E-state index is 0.0431. The van der Waals surface area contributed by atoms with Gasteiger partial charge < -0.3 is 10.2 Å². The van der Waals surface area contributed by atoms with Crippen LogP contribution in [0.2, 0.25) is 0 Å². The highest BCUT2D eigenvalue weighted by Gasteiger charge is 2.23. The highest BCUT2D eigenvalue weighted by atomic mass is 16.2. The van der Waals surface area contributed by atoms with Gasteiger partial charge >= 0.3 is 0 Å². The maximum absolute atomic E-state index is 13.3. The van der Waals surface area contributed by atoms with Crippen LogP contribution in [0.1, 0.15) is 46.4 Å². The van der Waals surface area contributed by atoms with Gasteiger partial charge in [-0.15, -0.1) is 0 Å². The van der Waals surface area contributed by atoms with Gasteiger partial charge in [0.15, 0.2) is 5.65 Å². The largest absolute Gasteiger partial charge is 0.354 e. The molecule has 28 heavy (non-hydrogen) atoms. The van der Waals surface area contributed by atoms with Crippen molar-refractivity contribution in [2.75, 3.05) is 18.4 Å². The first-order valence-electron chi connectivity index (χ1n) is 9.92. The van der Waals surface area contributed by atoms with Crippen LogP contribution in [-0.4, -0.2) is 33.9 Å². The number of nitrogens with one attached hydrogen (secondary N) is 1. The van der Waals surface area contributed by atoms with Gasteiger partial charge in [-0.3, -0.25) is 4.79 Å². The highest BCUT2D eigenvalue weighted by Crippen LogP contribution is 2.31. The molecule has 1 aliphatic rings. The van der Waals surface area contributed by atoms with Crippen LogP contribution in [-0.2, 0) is 0 Å². The number of pyridine rings is 2. The molecule has 1 aliphatic heterocycles. The van der Waals surface area contributed by atoms with Crippen molar-refractivity contribution < 1.29 is 4.79 Å². The average Bonchev–Trinajstić information content (AvgIpc) is 2.67. The molecule has 0 saturated carbocycles. The Bertz CT molecular complexity index is 1020. The predicted octanol–water partition coefficient (Wildman–Crippen LogP) is 4.92. The number of fused-ring (bicyclic) bond motifs is 1. The van der Waals surface area contributed by atoms with Crippen molar-refractivity contribution in [1.82, 2.24) is 14.9 Å². The Balaban J connectivity index is 1.83. The molecule has 0 aliphatic carbocycles. The van der Waals surface area contributed by atoms with Gasteiger partial charge in [-0.25, -0.2) is 9.97 Å². The summed E-state index contributed by atoms with van der Waals surface area (Å²) in [7, 11) is 0. The van der Waals surface area contributed by atoms with Crippen LogP contribution < -0.4 is 5.32 Å². The Morgan fingerprint density at radius 2 is 1.71 bits per heavy atom. The lowest BCUT2D eigenvalue weighted by atomic mass is 10.1. The molecule has 3 heterocycles. The number of carbonyl (C=O) groups is 1. The van der Waals surface area contributed by atoms with E-state index in [4.69, 9.17) is 0 Å². The highest BCUT2D eigenvalue weighted by molar-refractivity contribution is 6.07. The van der Waals surface area contributed by atoms with E-state index in [0.717, 1.165) is 48.4 Å². The van der Waals surface area contributed by atoms with Crippen molar-refractivity contribution >= 4 is 28.3 Å². The second-order valence-electron chi connectivity index (χ2n) is 7.72. The lowest BCUT2D eigenvalue weighted by Crippen LogP contribution is -2.36. The van der Waals surface area contributed by atoms with Crippen LogP contribution >= 0.6 is 0 Å². The lowest BCUT2D eigenvalue weighted by Gasteiger charge is -2.27. The molecule has 3 aromatic rings. The molecule has 1 fully saturated rings. The molecule has 4 rings (SSSR count). The van der Waals surface area contributed by atoms with Gasteiger partial charge in [0.2, 0.25) is 0 Å². The minimum Gasteiger partial charge on any atom is -0.354 e. The van der Waals surface area contributed by atoms with E-state index in [1.54, 1.807) is 6.20 Å². The van der Waals surface area contributed by atoms with Gasteiger partial charge in [-0.1, -0.05) is 6.07 Å². The first-order chi connectivity index (χ1) is 13.5. The van der Waals surface area contributed by atoms with Gasteiger partial charge in [0.05, 0.1) is 11.3 Å². The third-order valence-corrected chi connectivity index (χ3v) is 5.23. The molecule has 1 aromatic carbocycles. The molecule has 2 aromatic heterocycles. The number of hydrogen-bond donors (Lipinski definition) is 1. The smallest absolute Gasteiger partial charge is 0.257 e. The van der Waals surface area contributed by atoms with Crippen LogP contribution in [0.15, 0.2) is 36.5 Å². The Morgan fingerprint density at radius 1 is 1.00 bits per heavy atom. The van der Waals surface area contributed by atoms with E-state index in [1.807, 2.05) is 24.0 Å². The van der Waals surface area contributed by atoms with E-state index >= 15 is 0 Å². The van der Waals surface area contributed by atoms with E-state index < -0.39 is 0 Å². The van der Waals surface area contributed by atoms with Gasteiger partial charge in [0, 0.05) is 36.1 Å². The van der Waals surface area contributed by atoms with Crippen molar-refractivity contribution in [3.8, 4) is 0 Å². The summed E-state index contributed by atoms with van der Waals surface area (Å²) >= 11 is 0. The molecular weight excluding hydrogens is 348 g/mol. The van der Waals surface area contributed by atoms with Gasteiger partial charge in [0.1, 0.15) is 0 Å². The number of aromatic nitrogens is 2. The molecule has 5 heteroatoms. The zero-order valence-electron chi connectivity index (χ0n) is 16.7. The second-order valence-corrected chi connectivity index (χ2v) is 7.72. The Morgan fingerprint density at radius 3 is 2.43 bits per heavy atom. The maximum atomic E-state index is 13.3. The van der Waals surface area contributed by atoms with Crippen LogP contribution in [0.25, 0.3) is 11.0 Å². The number of carbonyl (C=O) groups excluding carboxylic acids is 1. The van der Waals surface area contributed by atoms with Crippen molar-refractivity contribution in [1.29, 1.82) is 0 Å². The molecule has 1 N–H and O–H groups in total.